The summed E-state index contributed by atoms with van der Waals surface area (Å²) in [5.41, 5.74) is 1.09. The number of carbonyl (C=O) groups excluding carboxylic acids is 3. The Morgan fingerprint density at radius 2 is 2.07 bits per heavy atom. The highest BCUT2D eigenvalue weighted by atomic mass is 16.5. The number of likely N-dealkylation sites (tertiary alicyclic amines) is 1. The highest BCUT2D eigenvalue weighted by Gasteiger charge is 2.27. The summed E-state index contributed by atoms with van der Waals surface area (Å²) in [6.45, 7) is 6.77. The van der Waals surface area contributed by atoms with Crippen molar-refractivity contribution in [3.05, 3.63) is 29.8 Å². The summed E-state index contributed by atoms with van der Waals surface area (Å²) in [5, 5.41) is 5.74. The van der Waals surface area contributed by atoms with E-state index >= 15 is 0 Å². The van der Waals surface area contributed by atoms with Gasteiger partial charge in [0.2, 0.25) is 11.8 Å². The lowest BCUT2D eigenvalue weighted by Crippen LogP contribution is -2.43. The maximum absolute atomic E-state index is 12.6. The van der Waals surface area contributed by atoms with E-state index in [1.807, 2.05) is 13.8 Å². The molecule has 3 amide bonds. The molecule has 2 rings (SSSR count). The molecule has 0 bridgehead atoms. The molecule has 0 radical (unpaired) electrons. The van der Waals surface area contributed by atoms with Crippen molar-refractivity contribution in [1.29, 1.82) is 0 Å². The lowest BCUT2D eigenvalue weighted by atomic mass is 9.96. The van der Waals surface area contributed by atoms with Crippen LogP contribution in [-0.4, -0.2) is 55.5 Å². The number of amides is 3. The van der Waals surface area contributed by atoms with Crippen LogP contribution in [0.15, 0.2) is 24.3 Å². The first-order valence-electron chi connectivity index (χ1n) is 10.1. The van der Waals surface area contributed by atoms with Crippen LogP contribution in [0.2, 0.25) is 0 Å². The lowest BCUT2D eigenvalue weighted by molar-refractivity contribution is -0.134. The molecule has 1 saturated heterocycles. The van der Waals surface area contributed by atoms with Crippen molar-refractivity contribution in [3.8, 4) is 0 Å². The van der Waals surface area contributed by atoms with Gasteiger partial charge in [-0.3, -0.25) is 14.4 Å². The zero-order valence-electron chi connectivity index (χ0n) is 16.8. The van der Waals surface area contributed by atoms with Crippen LogP contribution in [0.1, 0.15) is 49.9 Å². The normalized spacial score (nSPS) is 16.5. The van der Waals surface area contributed by atoms with E-state index in [4.69, 9.17) is 4.74 Å². The van der Waals surface area contributed by atoms with E-state index in [0.29, 0.717) is 44.0 Å². The molecule has 1 heterocycles. The lowest BCUT2D eigenvalue weighted by Gasteiger charge is -2.31. The van der Waals surface area contributed by atoms with Crippen LogP contribution in [-0.2, 0) is 14.3 Å². The molecule has 2 N–H and O–H groups in total. The summed E-state index contributed by atoms with van der Waals surface area (Å²) >= 11 is 0. The van der Waals surface area contributed by atoms with Crippen molar-refractivity contribution in [2.24, 2.45) is 5.92 Å². The number of carbonyl (C=O) groups is 3. The smallest absolute Gasteiger partial charge is 0.251 e. The van der Waals surface area contributed by atoms with Crippen LogP contribution in [0.25, 0.3) is 0 Å². The van der Waals surface area contributed by atoms with Crippen molar-refractivity contribution >= 4 is 23.4 Å². The van der Waals surface area contributed by atoms with E-state index in [1.54, 1.807) is 29.2 Å². The zero-order chi connectivity index (χ0) is 20.4. The Labute approximate surface area is 166 Å². The van der Waals surface area contributed by atoms with E-state index < -0.39 is 0 Å². The standard InChI is InChI=1S/C21H31N3O4/c1-3-19(25)24-12-6-9-17(15-24)21(27)23-18-10-5-8-16(14-18)20(26)22-11-7-13-28-4-2/h5,8,10,14,17H,3-4,6-7,9,11-13,15H2,1-2H3,(H,22,26)(H,23,27). The molecule has 1 aliphatic heterocycles. The van der Waals surface area contributed by atoms with E-state index in [2.05, 4.69) is 10.6 Å². The van der Waals surface area contributed by atoms with E-state index in [-0.39, 0.29) is 23.6 Å². The summed E-state index contributed by atoms with van der Waals surface area (Å²) in [6, 6.07) is 6.91. The first-order chi connectivity index (χ1) is 13.5. The van der Waals surface area contributed by atoms with Crippen LogP contribution >= 0.6 is 0 Å². The molecule has 1 aromatic rings. The number of hydrogen-bond donors (Lipinski definition) is 2. The SMILES string of the molecule is CCOCCCNC(=O)c1cccc(NC(=O)C2CCCN(C(=O)CC)C2)c1. The Kier molecular flexibility index (Phi) is 8.94. The molecule has 1 atom stereocenters. The second-order valence-corrected chi connectivity index (χ2v) is 6.91. The van der Waals surface area contributed by atoms with E-state index in [0.717, 1.165) is 25.8 Å². The fourth-order valence-electron chi connectivity index (χ4n) is 3.25. The number of piperidine rings is 1. The van der Waals surface area contributed by atoms with Gasteiger partial charge in [0.05, 0.1) is 5.92 Å². The maximum Gasteiger partial charge on any atom is 0.251 e. The number of rotatable bonds is 9. The van der Waals surface area contributed by atoms with Crippen molar-refractivity contribution in [1.82, 2.24) is 10.2 Å². The third-order valence-corrected chi connectivity index (χ3v) is 4.79. The molecule has 28 heavy (non-hydrogen) atoms. The van der Waals surface area contributed by atoms with Crippen LogP contribution in [0.3, 0.4) is 0 Å². The van der Waals surface area contributed by atoms with Gasteiger partial charge < -0.3 is 20.3 Å². The Morgan fingerprint density at radius 1 is 1.25 bits per heavy atom. The van der Waals surface area contributed by atoms with Gasteiger partial charge in [-0.15, -0.1) is 0 Å². The van der Waals surface area contributed by atoms with E-state index in [9.17, 15) is 14.4 Å². The molecular weight excluding hydrogens is 358 g/mol. The number of hydrogen-bond acceptors (Lipinski definition) is 4. The highest BCUT2D eigenvalue weighted by Crippen LogP contribution is 2.20. The first-order valence-corrected chi connectivity index (χ1v) is 10.1. The molecule has 0 aromatic heterocycles. The number of ether oxygens (including phenoxy) is 1. The molecule has 0 saturated carbocycles. The zero-order valence-corrected chi connectivity index (χ0v) is 16.8. The van der Waals surface area contributed by atoms with Gasteiger partial charge in [-0.05, 0) is 44.4 Å². The summed E-state index contributed by atoms with van der Waals surface area (Å²) in [6.07, 6.45) is 2.80. The van der Waals surface area contributed by atoms with Crippen molar-refractivity contribution < 1.29 is 19.1 Å². The average Bonchev–Trinajstić information content (AvgIpc) is 2.73. The van der Waals surface area contributed by atoms with Crippen molar-refractivity contribution in [3.63, 3.8) is 0 Å². The predicted octanol–water partition coefficient (Wildman–Crippen LogP) is 2.43. The van der Waals surface area contributed by atoms with Gasteiger partial charge in [0.1, 0.15) is 0 Å². The van der Waals surface area contributed by atoms with Crippen molar-refractivity contribution in [2.45, 2.75) is 39.5 Å². The van der Waals surface area contributed by atoms with Gasteiger partial charge >= 0.3 is 0 Å². The molecular formula is C21H31N3O4. The summed E-state index contributed by atoms with van der Waals surface area (Å²) in [5.74, 6) is -0.423. The topological polar surface area (TPSA) is 87.7 Å². The minimum Gasteiger partial charge on any atom is -0.382 e. The largest absolute Gasteiger partial charge is 0.382 e. The minimum absolute atomic E-state index is 0.0838. The maximum atomic E-state index is 12.6. The monoisotopic (exact) mass is 389 g/mol. The van der Waals surface area contributed by atoms with Gasteiger partial charge in [0, 0.05) is 50.5 Å². The van der Waals surface area contributed by atoms with Crippen molar-refractivity contribution in [2.75, 3.05) is 38.2 Å². The number of nitrogens with zero attached hydrogens (tertiary/aromatic N) is 1. The summed E-state index contributed by atoms with van der Waals surface area (Å²) < 4.78 is 5.25. The molecule has 7 heteroatoms. The highest BCUT2D eigenvalue weighted by molar-refractivity contribution is 5.97. The Hall–Kier alpha value is -2.41. The second-order valence-electron chi connectivity index (χ2n) is 6.91. The predicted molar refractivity (Wildman–Crippen MR) is 108 cm³/mol. The quantitative estimate of drug-likeness (QED) is 0.635. The molecule has 1 unspecified atom stereocenters. The molecule has 1 aliphatic rings. The Bertz CT molecular complexity index is 677. The Balaban J connectivity index is 1.88. The van der Waals surface area contributed by atoms with Crippen LogP contribution in [0, 0.1) is 5.92 Å². The second kappa shape index (κ2) is 11.4. The average molecular weight is 389 g/mol. The van der Waals surface area contributed by atoms with Gasteiger partial charge in [0.15, 0.2) is 0 Å². The molecule has 0 spiro atoms. The first kappa shape index (κ1) is 21.9. The molecule has 1 aromatic carbocycles. The third-order valence-electron chi connectivity index (χ3n) is 4.79. The third kappa shape index (κ3) is 6.64. The minimum atomic E-state index is -0.222. The fraction of sp³-hybridized carbons (Fsp3) is 0.571. The Morgan fingerprint density at radius 3 is 2.82 bits per heavy atom. The molecule has 1 fully saturated rings. The molecule has 154 valence electrons. The van der Waals surface area contributed by atoms with Crippen LogP contribution in [0.4, 0.5) is 5.69 Å². The number of anilines is 1. The van der Waals surface area contributed by atoms with Gasteiger partial charge in [0.25, 0.3) is 5.91 Å². The molecule has 7 nitrogen and oxygen atoms in total. The van der Waals surface area contributed by atoms with Gasteiger partial charge in [-0.25, -0.2) is 0 Å². The van der Waals surface area contributed by atoms with E-state index in [1.165, 1.54) is 0 Å². The fourth-order valence-corrected chi connectivity index (χ4v) is 3.25. The summed E-state index contributed by atoms with van der Waals surface area (Å²) in [4.78, 5) is 38.5. The molecule has 0 aliphatic carbocycles. The number of benzene rings is 1. The summed E-state index contributed by atoms with van der Waals surface area (Å²) in [7, 11) is 0. The van der Waals surface area contributed by atoms with Gasteiger partial charge in [-0.2, -0.15) is 0 Å². The van der Waals surface area contributed by atoms with Gasteiger partial charge in [-0.1, -0.05) is 13.0 Å². The van der Waals surface area contributed by atoms with Crippen LogP contribution in [0.5, 0.6) is 0 Å². The number of nitrogens with one attached hydrogen (secondary N) is 2. The van der Waals surface area contributed by atoms with Crippen LogP contribution < -0.4 is 10.6 Å².